The Bertz CT molecular complexity index is 313. The maximum Gasteiger partial charge on any atom is 0.121 e. The highest BCUT2D eigenvalue weighted by molar-refractivity contribution is 5.35. The van der Waals surface area contributed by atoms with Crippen molar-refractivity contribution in [1.82, 2.24) is 4.90 Å². The van der Waals surface area contributed by atoms with Crippen LogP contribution in [0.2, 0.25) is 0 Å². The molecule has 0 saturated heterocycles. The molecule has 0 aromatic heterocycles. The molecule has 0 heterocycles. The molecule has 0 amide bonds. The van der Waals surface area contributed by atoms with Crippen molar-refractivity contribution in [2.24, 2.45) is 5.90 Å². The fraction of sp³-hybridized carbons (Fsp3) is 0.455. The number of nitrogens with zero attached hydrogens (tertiary/aromatic N) is 1. The van der Waals surface area contributed by atoms with Gasteiger partial charge < -0.3 is 10.0 Å². The summed E-state index contributed by atoms with van der Waals surface area (Å²) in [5, 5.41) is 9.50. The summed E-state index contributed by atoms with van der Waals surface area (Å²) < 4.78 is 0. The second-order valence-electron chi connectivity index (χ2n) is 3.83. The van der Waals surface area contributed by atoms with Gasteiger partial charge in [0.25, 0.3) is 0 Å². The molecule has 0 bridgehead atoms. The summed E-state index contributed by atoms with van der Waals surface area (Å²) in [6.07, 6.45) is 0.949. The Hall–Kier alpha value is -1.10. The number of phenolic OH excluding ortho intramolecular Hbond substituents is 1. The molecule has 84 valence electrons. The van der Waals surface area contributed by atoms with E-state index < -0.39 is 0 Å². The third kappa shape index (κ3) is 3.87. The minimum Gasteiger partial charge on any atom is -0.508 e. The van der Waals surface area contributed by atoms with Crippen molar-refractivity contribution >= 4 is 0 Å². The molecule has 1 rings (SSSR count). The molecule has 1 aromatic rings. The smallest absolute Gasteiger partial charge is 0.121 e. The van der Waals surface area contributed by atoms with Gasteiger partial charge in [0, 0.05) is 12.1 Å². The van der Waals surface area contributed by atoms with Crippen molar-refractivity contribution in [3.63, 3.8) is 0 Å². The first-order valence-corrected chi connectivity index (χ1v) is 4.90. The SMILES string of the molecule is CN(C)CCc1ccc(O)c(CON)c1. The first kappa shape index (κ1) is 12.0. The summed E-state index contributed by atoms with van der Waals surface area (Å²) in [6.45, 7) is 1.22. The summed E-state index contributed by atoms with van der Waals surface area (Å²) in [4.78, 5) is 6.64. The van der Waals surface area contributed by atoms with Gasteiger partial charge in [-0.1, -0.05) is 6.07 Å². The number of aromatic hydroxyl groups is 1. The Morgan fingerprint density at radius 2 is 2.13 bits per heavy atom. The van der Waals surface area contributed by atoms with Crippen molar-refractivity contribution in [2.75, 3.05) is 20.6 Å². The number of hydrogen-bond acceptors (Lipinski definition) is 4. The van der Waals surface area contributed by atoms with Crippen LogP contribution in [0.15, 0.2) is 18.2 Å². The number of phenols is 1. The lowest BCUT2D eigenvalue weighted by molar-refractivity contribution is 0.122. The lowest BCUT2D eigenvalue weighted by atomic mass is 10.1. The van der Waals surface area contributed by atoms with Crippen LogP contribution < -0.4 is 5.90 Å². The van der Waals surface area contributed by atoms with E-state index in [1.165, 1.54) is 5.56 Å². The van der Waals surface area contributed by atoms with Gasteiger partial charge in [0.1, 0.15) is 5.75 Å². The summed E-state index contributed by atoms with van der Waals surface area (Å²) in [5.74, 6) is 5.21. The Morgan fingerprint density at radius 3 is 2.73 bits per heavy atom. The van der Waals surface area contributed by atoms with Gasteiger partial charge in [-0.05, 0) is 38.2 Å². The molecular formula is C11H18N2O2. The predicted octanol–water partition coefficient (Wildman–Crippen LogP) is 0.887. The normalized spacial score (nSPS) is 10.9. The minimum absolute atomic E-state index is 0.231. The maximum atomic E-state index is 9.50. The fourth-order valence-electron chi connectivity index (χ4n) is 1.35. The molecule has 0 aliphatic rings. The predicted molar refractivity (Wildman–Crippen MR) is 59.3 cm³/mol. The summed E-state index contributed by atoms with van der Waals surface area (Å²) in [6, 6.07) is 5.52. The van der Waals surface area contributed by atoms with Crippen LogP contribution in [0.4, 0.5) is 0 Å². The van der Waals surface area contributed by atoms with E-state index in [0.29, 0.717) is 0 Å². The summed E-state index contributed by atoms with van der Waals surface area (Å²) in [7, 11) is 4.06. The zero-order valence-electron chi connectivity index (χ0n) is 9.23. The largest absolute Gasteiger partial charge is 0.508 e. The highest BCUT2D eigenvalue weighted by atomic mass is 16.6. The molecule has 0 atom stereocenters. The van der Waals surface area contributed by atoms with Crippen LogP contribution in [0.25, 0.3) is 0 Å². The molecule has 0 radical (unpaired) electrons. The second-order valence-corrected chi connectivity index (χ2v) is 3.83. The summed E-state index contributed by atoms with van der Waals surface area (Å²) in [5.41, 5.74) is 1.90. The average Bonchev–Trinajstić information content (AvgIpc) is 2.19. The molecular weight excluding hydrogens is 192 g/mol. The van der Waals surface area contributed by atoms with E-state index in [-0.39, 0.29) is 12.4 Å². The molecule has 15 heavy (non-hydrogen) atoms. The lowest BCUT2D eigenvalue weighted by Crippen LogP contribution is -2.15. The van der Waals surface area contributed by atoms with E-state index in [2.05, 4.69) is 9.74 Å². The highest BCUT2D eigenvalue weighted by Gasteiger charge is 2.03. The van der Waals surface area contributed by atoms with Crippen LogP contribution in [0, 0.1) is 0 Å². The van der Waals surface area contributed by atoms with E-state index in [9.17, 15) is 5.11 Å². The van der Waals surface area contributed by atoms with Gasteiger partial charge in [-0.2, -0.15) is 0 Å². The van der Waals surface area contributed by atoms with Crippen molar-refractivity contribution in [3.05, 3.63) is 29.3 Å². The zero-order valence-corrected chi connectivity index (χ0v) is 9.23. The molecule has 3 N–H and O–H groups in total. The van der Waals surface area contributed by atoms with Gasteiger partial charge in [-0.15, -0.1) is 0 Å². The third-order valence-corrected chi connectivity index (χ3v) is 2.23. The Kier molecular flexibility index (Phi) is 4.55. The fourth-order valence-corrected chi connectivity index (χ4v) is 1.35. The number of hydrogen-bond donors (Lipinski definition) is 2. The van der Waals surface area contributed by atoms with Gasteiger partial charge in [0.15, 0.2) is 0 Å². The molecule has 4 nitrogen and oxygen atoms in total. The quantitative estimate of drug-likeness (QED) is 0.708. The molecule has 0 aliphatic carbocycles. The van der Waals surface area contributed by atoms with Gasteiger partial charge in [-0.3, -0.25) is 4.84 Å². The number of benzene rings is 1. The molecule has 0 unspecified atom stereocenters. The number of likely N-dealkylation sites (N-methyl/N-ethyl adjacent to an activating group) is 1. The molecule has 1 aromatic carbocycles. The van der Waals surface area contributed by atoms with Crippen LogP contribution >= 0.6 is 0 Å². The molecule has 4 heteroatoms. The van der Waals surface area contributed by atoms with Crippen molar-refractivity contribution in [3.8, 4) is 5.75 Å². The number of rotatable bonds is 5. The average molecular weight is 210 g/mol. The van der Waals surface area contributed by atoms with Crippen LogP contribution in [-0.2, 0) is 17.9 Å². The molecule has 0 spiro atoms. The summed E-state index contributed by atoms with van der Waals surface area (Å²) >= 11 is 0. The molecule has 0 fully saturated rings. The standard InChI is InChI=1S/C11H18N2O2/c1-13(2)6-5-9-3-4-11(14)10(7-9)8-15-12/h3-4,7,14H,5-6,8,12H2,1-2H3. The van der Waals surface area contributed by atoms with Crippen LogP contribution in [-0.4, -0.2) is 30.6 Å². The topological polar surface area (TPSA) is 58.7 Å². The van der Waals surface area contributed by atoms with Crippen LogP contribution in [0.3, 0.4) is 0 Å². The van der Waals surface area contributed by atoms with Crippen molar-refractivity contribution in [1.29, 1.82) is 0 Å². The molecule has 0 saturated carbocycles. The van der Waals surface area contributed by atoms with Gasteiger partial charge in [0.2, 0.25) is 0 Å². The monoisotopic (exact) mass is 210 g/mol. The highest BCUT2D eigenvalue weighted by Crippen LogP contribution is 2.19. The Morgan fingerprint density at radius 1 is 1.40 bits per heavy atom. The Balaban J connectivity index is 2.69. The second kappa shape index (κ2) is 5.70. The van der Waals surface area contributed by atoms with E-state index in [1.54, 1.807) is 6.07 Å². The van der Waals surface area contributed by atoms with E-state index in [1.807, 2.05) is 26.2 Å². The maximum absolute atomic E-state index is 9.50. The van der Waals surface area contributed by atoms with Gasteiger partial charge >= 0.3 is 0 Å². The van der Waals surface area contributed by atoms with Gasteiger partial charge in [-0.25, -0.2) is 5.90 Å². The van der Waals surface area contributed by atoms with Gasteiger partial charge in [0.05, 0.1) is 6.61 Å². The van der Waals surface area contributed by atoms with E-state index >= 15 is 0 Å². The minimum atomic E-state index is 0.231. The molecule has 0 aliphatic heterocycles. The van der Waals surface area contributed by atoms with E-state index in [4.69, 9.17) is 5.90 Å². The first-order chi connectivity index (χ1) is 7.13. The lowest BCUT2D eigenvalue weighted by Gasteiger charge is -2.10. The Labute approximate surface area is 90.2 Å². The first-order valence-electron chi connectivity index (χ1n) is 4.90. The zero-order chi connectivity index (χ0) is 11.3. The third-order valence-electron chi connectivity index (χ3n) is 2.23. The number of nitrogens with two attached hydrogens (primary N) is 1. The van der Waals surface area contributed by atoms with Crippen LogP contribution in [0.1, 0.15) is 11.1 Å². The van der Waals surface area contributed by atoms with E-state index in [0.717, 1.165) is 18.5 Å². The van der Waals surface area contributed by atoms with Crippen molar-refractivity contribution < 1.29 is 9.94 Å². The van der Waals surface area contributed by atoms with Crippen molar-refractivity contribution in [2.45, 2.75) is 13.0 Å². The van der Waals surface area contributed by atoms with Crippen LogP contribution in [0.5, 0.6) is 5.75 Å².